The first-order chi connectivity index (χ1) is 11.5. The van der Waals surface area contributed by atoms with Gasteiger partial charge in [-0.15, -0.1) is 0 Å². The van der Waals surface area contributed by atoms with Crippen LogP contribution in [0, 0.1) is 0 Å². The van der Waals surface area contributed by atoms with Crippen molar-refractivity contribution in [2.75, 3.05) is 33.2 Å². The summed E-state index contributed by atoms with van der Waals surface area (Å²) in [6, 6.07) is 1.04. The minimum atomic E-state index is -0.739. The van der Waals surface area contributed by atoms with Crippen LogP contribution in [0.25, 0.3) is 0 Å². The molecule has 138 valence electrons. The van der Waals surface area contributed by atoms with E-state index in [0.29, 0.717) is 12.5 Å². The Morgan fingerprint density at radius 2 is 1.67 bits per heavy atom. The molecule has 0 unspecified atom stereocenters. The molecule has 0 aromatic heterocycles. The molecule has 5 nitrogen and oxygen atoms in total. The molecule has 3 fully saturated rings. The van der Waals surface area contributed by atoms with E-state index in [2.05, 4.69) is 22.2 Å². The molecule has 3 rings (SSSR count). The number of aliphatic hydroxyl groups is 1. The molecule has 0 spiro atoms. The lowest BCUT2D eigenvalue weighted by Gasteiger charge is -2.41. The average Bonchev–Trinajstić information content (AvgIpc) is 2.56. The third kappa shape index (κ3) is 4.93. The van der Waals surface area contributed by atoms with E-state index in [1.165, 1.54) is 32.4 Å². The molecule has 2 saturated heterocycles. The normalized spacial score (nSPS) is 27.9. The minimum Gasteiger partial charge on any atom is -0.389 e. The minimum absolute atomic E-state index is 0.0529. The van der Waals surface area contributed by atoms with Crippen LogP contribution in [-0.4, -0.2) is 71.7 Å². The monoisotopic (exact) mass is 337 g/mol. The van der Waals surface area contributed by atoms with E-state index in [1.54, 1.807) is 0 Å². The van der Waals surface area contributed by atoms with Gasteiger partial charge in [0.25, 0.3) is 0 Å². The second-order valence-corrected chi connectivity index (χ2v) is 8.37. The molecule has 0 bridgehead atoms. The number of carbonyl (C=O) groups excluding carboxylic acids is 1. The SMILES string of the molecule is CN1CCC(N2CCC(NC(=O)CC3(O)CCCCC3)CC2)CC1. The highest BCUT2D eigenvalue weighted by Gasteiger charge is 2.33. The van der Waals surface area contributed by atoms with E-state index in [-0.39, 0.29) is 5.91 Å². The Bertz CT molecular complexity index is 407. The fourth-order valence-corrected chi connectivity index (χ4v) is 4.73. The summed E-state index contributed by atoms with van der Waals surface area (Å²) >= 11 is 0. The molecule has 24 heavy (non-hydrogen) atoms. The van der Waals surface area contributed by atoms with Crippen LogP contribution >= 0.6 is 0 Å². The summed E-state index contributed by atoms with van der Waals surface area (Å²) in [5.41, 5.74) is -0.739. The van der Waals surface area contributed by atoms with E-state index < -0.39 is 5.60 Å². The Kier molecular flexibility index (Phi) is 6.17. The molecule has 2 heterocycles. The number of likely N-dealkylation sites (tertiary alicyclic amines) is 2. The van der Waals surface area contributed by atoms with E-state index >= 15 is 0 Å². The zero-order chi connectivity index (χ0) is 17.0. The number of nitrogens with one attached hydrogen (secondary N) is 1. The fourth-order valence-electron chi connectivity index (χ4n) is 4.73. The molecule has 0 atom stereocenters. The van der Waals surface area contributed by atoms with Crippen molar-refractivity contribution in [3.8, 4) is 0 Å². The van der Waals surface area contributed by atoms with Crippen molar-refractivity contribution in [2.24, 2.45) is 0 Å². The summed E-state index contributed by atoms with van der Waals surface area (Å²) in [6.07, 6.45) is 9.83. The van der Waals surface area contributed by atoms with Gasteiger partial charge in [-0.25, -0.2) is 0 Å². The van der Waals surface area contributed by atoms with Crippen LogP contribution in [0.3, 0.4) is 0 Å². The Morgan fingerprint density at radius 1 is 1.04 bits per heavy atom. The average molecular weight is 338 g/mol. The smallest absolute Gasteiger partial charge is 0.223 e. The van der Waals surface area contributed by atoms with Gasteiger partial charge in [-0.2, -0.15) is 0 Å². The van der Waals surface area contributed by atoms with Crippen molar-refractivity contribution in [1.82, 2.24) is 15.1 Å². The lowest BCUT2D eigenvalue weighted by molar-refractivity contribution is -0.128. The molecule has 3 aliphatic rings. The molecule has 2 N–H and O–H groups in total. The molecule has 2 aliphatic heterocycles. The van der Waals surface area contributed by atoms with Crippen LogP contribution < -0.4 is 5.32 Å². The molecular weight excluding hydrogens is 302 g/mol. The molecule has 0 aromatic rings. The predicted octanol–water partition coefficient (Wildman–Crippen LogP) is 1.75. The maximum atomic E-state index is 12.3. The van der Waals surface area contributed by atoms with E-state index in [4.69, 9.17) is 0 Å². The van der Waals surface area contributed by atoms with Gasteiger partial charge >= 0.3 is 0 Å². The fraction of sp³-hybridized carbons (Fsp3) is 0.947. The molecule has 5 heteroatoms. The van der Waals surface area contributed by atoms with Gasteiger partial charge in [0.05, 0.1) is 12.0 Å². The van der Waals surface area contributed by atoms with Gasteiger partial charge < -0.3 is 20.2 Å². The lowest BCUT2D eigenvalue weighted by Crippen LogP contribution is -2.51. The Hall–Kier alpha value is -0.650. The third-order valence-corrected chi connectivity index (χ3v) is 6.37. The maximum absolute atomic E-state index is 12.3. The first-order valence-electron chi connectivity index (χ1n) is 9.98. The number of piperidine rings is 2. The van der Waals surface area contributed by atoms with Crippen molar-refractivity contribution < 1.29 is 9.90 Å². The Balaban J connectivity index is 1.38. The summed E-state index contributed by atoms with van der Waals surface area (Å²) in [6.45, 7) is 4.62. The first-order valence-corrected chi connectivity index (χ1v) is 9.98. The highest BCUT2D eigenvalue weighted by molar-refractivity contribution is 5.77. The second kappa shape index (κ2) is 8.15. The van der Waals surface area contributed by atoms with Crippen molar-refractivity contribution >= 4 is 5.91 Å². The molecule has 0 radical (unpaired) electrons. The van der Waals surface area contributed by atoms with E-state index in [1.807, 2.05) is 0 Å². The van der Waals surface area contributed by atoms with Gasteiger partial charge in [-0.3, -0.25) is 4.79 Å². The van der Waals surface area contributed by atoms with Crippen molar-refractivity contribution in [1.29, 1.82) is 0 Å². The summed E-state index contributed by atoms with van der Waals surface area (Å²) < 4.78 is 0. The van der Waals surface area contributed by atoms with E-state index in [0.717, 1.165) is 57.7 Å². The molecule has 0 aromatic carbocycles. The third-order valence-electron chi connectivity index (χ3n) is 6.37. The first kappa shape index (κ1) is 18.2. The van der Waals surface area contributed by atoms with Gasteiger partial charge in [0.1, 0.15) is 0 Å². The van der Waals surface area contributed by atoms with Crippen LogP contribution in [-0.2, 0) is 4.79 Å². The van der Waals surface area contributed by atoms with Crippen molar-refractivity contribution in [2.45, 2.75) is 81.9 Å². The second-order valence-electron chi connectivity index (χ2n) is 8.37. The highest BCUT2D eigenvalue weighted by atomic mass is 16.3. The Morgan fingerprint density at radius 3 is 2.29 bits per heavy atom. The number of nitrogens with zero attached hydrogens (tertiary/aromatic N) is 2. The molecular formula is C19H35N3O2. The largest absolute Gasteiger partial charge is 0.389 e. The predicted molar refractivity (Wildman–Crippen MR) is 95.9 cm³/mol. The summed E-state index contributed by atoms with van der Waals surface area (Å²) in [5, 5.41) is 13.7. The Labute approximate surface area is 146 Å². The van der Waals surface area contributed by atoms with Crippen LogP contribution in [0.5, 0.6) is 0 Å². The number of rotatable bonds is 4. The zero-order valence-corrected chi connectivity index (χ0v) is 15.3. The van der Waals surface area contributed by atoms with Crippen molar-refractivity contribution in [3.63, 3.8) is 0 Å². The van der Waals surface area contributed by atoms with E-state index in [9.17, 15) is 9.90 Å². The zero-order valence-electron chi connectivity index (χ0n) is 15.3. The maximum Gasteiger partial charge on any atom is 0.223 e. The van der Waals surface area contributed by atoms with Gasteiger partial charge in [0, 0.05) is 25.2 Å². The van der Waals surface area contributed by atoms with Gasteiger partial charge in [0.2, 0.25) is 5.91 Å². The van der Waals surface area contributed by atoms with Crippen LogP contribution in [0.4, 0.5) is 0 Å². The number of hydrogen-bond donors (Lipinski definition) is 2. The summed E-state index contributed by atoms with van der Waals surface area (Å²) in [5.74, 6) is 0.0529. The summed E-state index contributed by atoms with van der Waals surface area (Å²) in [4.78, 5) is 17.4. The lowest BCUT2D eigenvalue weighted by atomic mass is 9.82. The van der Waals surface area contributed by atoms with Crippen molar-refractivity contribution in [3.05, 3.63) is 0 Å². The number of carbonyl (C=O) groups is 1. The molecule has 1 aliphatic carbocycles. The van der Waals surface area contributed by atoms with Crippen LogP contribution in [0.15, 0.2) is 0 Å². The number of amides is 1. The quantitative estimate of drug-likeness (QED) is 0.821. The molecule has 1 saturated carbocycles. The number of hydrogen-bond acceptors (Lipinski definition) is 4. The summed E-state index contributed by atoms with van der Waals surface area (Å²) in [7, 11) is 2.21. The van der Waals surface area contributed by atoms with Crippen LogP contribution in [0.1, 0.15) is 64.2 Å². The highest BCUT2D eigenvalue weighted by Crippen LogP contribution is 2.31. The molecule has 1 amide bonds. The standard InChI is InChI=1S/C19H35N3O2/c1-21-11-7-17(8-12-21)22-13-5-16(6-14-22)20-18(23)15-19(24)9-3-2-4-10-19/h16-17,24H,2-15H2,1H3,(H,20,23). The van der Waals surface area contributed by atoms with Gasteiger partial charge in [0.15, 0.2) is 0 Å². The van der Waals surface area contributed by atoms with Crippen LogP contribution in [0.2, 0.25) is 0 Å². The van der Waals surface area contributed by atoms with Gasteiger partial charge in [-0.1, -0.05) is 19.3 Å². The van der Waals surface area contributed by atoms with Gasteiger partial charge in [-0.05, 0) is 58.7 Å². The topological polar surface area (TPSA) is 55.8 Å².